The largest absolute Gasteiger partial charge is 0.330 e. The molecule has 1 heterocycles. The normalized spacial score (nSPS) is 11.9. The summed E-state index contributed by atoms with van der Waals surface area (Å²) in [7, 11) is -1.57. The van der Waals surface area contributed by atoms with E-state index in [1.165, 1.54) is 4.31 Å². The first-order valence-electron chi connectivity index (χ1n) is 5.60. The third-order valence-electron chi connectivity index (χ3n) is 2.49. The Hall–Kier alpha value is -0.980. The molecule has 0 atom stereocenters. The van der Waals surface area contributed by atoms with Crippen LogP contribution in [-0.2, 0) is 16.4 Å². The number of nitrogens with two attached hydrogens (primary N) is 1. The molecule has 0 radical (unpaired) electrons. The van der Waals surface area contributed by atoms with Crippen LogP contribution in [0.5, 0.6) is 0 Å². The lowest BCUT2D eigenvalue weighted by Gasteiger charge is -2.16. The Morgan fingerprint density at radius 1 is 1.41 bits per heavy atom. The second kappa shape index (κ2) is 6.68. The summed E-state index contributed by atoms with van der Waals surface area (Å²) in [5.74, 6) is 0.113. The zero-order valence-corrected chi connectivity index (χ0v) is 10.9. The van der Waals surface area contributed by atoms with Crippen LogP contribution in [0, 0.1) is 0 Å². The minimum absolute atomic E-state index is 0.113. The first-order chi connectivity index (χ1) is 8.06. The topological polar surface area (TPSA) is 76.3 Å². The van der Waals surface area contributed by atoms with E-state index in [0.29, 0.717) is 25.9 Å². The van der Waals surface area contributed by atoms with Crippen LogP contribution in [0.1, 0.15) is 12.1 Å². The molecule has 0 saturated heterocycles. The second-order valence-corrected chi connectivity index (χ2v) is 6.05. The van der Waals surface area contributed by atoms with Gasteiger partial charge in [0.15, 0.2) is 0 Å². The fourth-order valence-electron chi connectivity index (χ4n) is 1.38. The number of hydrogen-bond donors (Lipinski definition) is 1. The number of hydrogen-bond acceptors (Lipinski definition) is 4. The minimum Gasteiger partial charge on any atom is -0.330 e. The van der Waals surface area contributed by atoms with E-state index in [9.17, 15) is 8.42 Å². The molecule has 0 amide bonds. The molecule has 0 aromatic carbocycles. The van der Waals surface area contributed by atoms with Gasteiger partial charge in [0.1, 0.15) is 0 Å². The molecule has 1 rings (SSSR count). The average molecular weight is 257 g/mol. The van der Waals surface area contributed by atoms with Gasteiger partial charge in [-0.05, 0) is 25.1 Å². The highest BCUT2D eigenvalue weighted by Gasteiger charge is 2.16. The summed E-state index contributed by atoms with van der Waals surface area (Å²) >= 11 is 0. The van der Waals surface area contributed by atoms with Gasteiger partial charge < -0.3 is 5.73 Å². The van der Waals surface area contributed by atoms with Crippen molar-refractivity contribution in [2.24, 2.45) is 5.73 Å². The molecule has 1 aromatic rings. The van der Waals surface area contributed by atoms with Gasteiger partial charge in [-0.2, -0.15) is 0 Å². The molecular formula is C11H19N3O2S. The quantitative estimate of drug-likeness (QED) is 0.759. The minimum atomic E-state index is -3.17. The van der Waals surface area contributed by atoms with Crippen molar-refractivity contribution in [1.29, 1.82) is 0 Å². The van der Waals surface area contributed by atoms with Gasteiger partial charge in [-0.3, -0.25) is 4.98 Å². The standard InChI is InChI=1S/C11H19N3O2S/c1-14(17(15,16)10-4-7-12)9-6-11-5-2-3-8-13-11/h2-3,5,8H,4,6-7,9-10,12H2,1H3. The van der Waals surface area contributed by atoms with Crippen LogP contribution in [0.2, 0.25) is 0 Å². The first-order valence-corrected chi connectivity index (χ1v) is 7.21. The summed E-state index contributed by atoms with van der Waals surface area (Å²) in [6.45, 7) is 0.844. The summed E-state index contributed by atoms with van der Waals surface area (Å²) in [5.41, 5.74) is 6.20. The van der Waals surface area contributed by atoms with Crippen LogP contribution in [-0.4, -0.2) is 43.6 Å². The van der Waals surface area contributed by atoms with Gasteiger partial charge in [0.25, 0.3) is 0 Å². The van der Waals surface area contributed by atoms with E-state index < -0.39 is 10.0 Å². The number of nitrogens with zero attached hydrogens (tertiary/aromatic N) is 2. The fraction of sp³-hybridized carbons (Fsp3) is 0.545. The Balaban J connectivity index is 2.47. The molecule has 0 saturated carbocycles. The number of likely N-dealkylation sites (N-methyl/N-ethyl adjacent to an activating group) is 1. The molecular weight excluding hydrogens is 238 g/mol. The van der Waals surface area contributed by atoms with Crippen LogP contribution in [0.3, 0.4) is 0 Å². The molecule has 0 aliphatic carbocycles. The van der Waals surface area contributed by atoms with Crippen LogP contribution < -0.4 is 5.73 Å². The second-order valence-electron chi connectivity index (χ2n) is 3.85. The van der Waals surface area contributed by atoms with Crippen molar-refractivity contribution in [3.05, 3.63) is 30.1 Å². The van der Waals surface area contributed by atoms with Crippen molar-refractivity contribution in [2.45, 2.75) is 12.8 Å². The highest BCUT2D eigenvalue weighted by molar-refractivity contribution is 7.89. The molecule has 0 unspecified atom stereocenters. The monoisotopic (exact) mass is 257 g/mol. The maximum atomic E-state index is 11.8. The lowest BCUT2D eigenvalue weighted by atomic mass is 10.3. The van der Waals surface area contributed by atoms with Gasteiger partial charge in [-0.1, -0.05) is 6.07 Å². The fourth-order valence-corrected chi connectivity index (χ4v) is 2.59. The van der Waals surface area contributed by atoms with Crippen molar-refractivity contribution in [1.82, 2.24) is 9.29 Å². The lowest BCUT2D eigenvalue weighted by Crippen LogP contribution is -2.31. The van der Waals surface area contributed by atoms with Crippen LogP contribution in [0.15, 0.2) is 24.4 Å². The van der Waals surface area contributed by atoms with E-state index in [1.807, 2.05) is 18.2 Å². The van der Waals surface area contributed by atoms with E-state index >= 15 is 0 Å². The number of rotatable bonds is 7. The number of aromatic nitrogens is 1. The predicted octanol–water partition coefficient (Wildman–Crippen LogP) is 0.235. The highest BCUT2D eigenvalue weighted by Crippen LogP contribution is 2.03. The summed E-state index contributed by atoms with van der Waals surface area (Å²) < 4.78 is 24.9. The molecule has 6 heteroatoms. The third kappa shape index (κ3) is 4.80. The maximum absolute atomic E-state index is 11.8. The molecule has 17 heavy (non-hydrogen) atoms. The molecule has 0 bridgehead atoms. The SMILES string of the molecule is CN(CCc1ccccn1)S(=O)(=O)CCCN. The van der Waals surface area contributed by atoms with E-state index in [0.717, 1.165) is 5.69 Å². The van der Waals surface area contributed by atoms with Crippen LogP contribution in [0.25, 0.3) is 0 Å². The Bertz CT molecular complexity index is 420. The molecule has 0 fully saturated rings. The van der Waals surface area contributed by atoms with Gasteiger partial charge in [0.2, 0.25) is 10.0 Å². The zero-order valence-electron chi connectivity index (χ0n) is 10.0. The Kier molecular flexibility index (Phi) is 5.54. The maximum Gasteiger partial charge on any atom is 0.213 e. The first kappa shape index (κ1) is 14.1. The van der Waals surface area contributed by atoms with Crippen LogP contribution in [0.4, 0.5) is 0 Å². The van der Waals surface area contributed by atoms with Crippen molar-refractivity contribution < 1.29 is 8.42 Å². The van der Waals surface area contributed by atoms with Crippen molar-refractivity contribution in [3.8, 4) is 0 Å². The zero-order chi connectivity index (χ0) is 12.7. The van der Waals surface area contributed by atoms with E-state index in [2.05, 4.69) is 4.98 Å². The summed E-state index contributed by atoms with van der Waals surface area (Å²) in [6, 6.07) is 5.62. The lowest BCUT2D eigenvalue weighted by molar-refractivity contribution is 0.469. The predicted molar refractivity (Wildman–Crippen MR) is 68.0 cm³/mol. The van der Waals surface area contributed by atoms with Crippen LogP contribution >= 0.6 is 0 Å². The van der Waals surface area contributed by atoms with E-state index in [1.54, 1.807) is 13.2 Å². The summed E-state index contributed by atoms with van der Waals surface area (Å²) in [6.07, 6.45) is 2.83. The molecule has 0 aliphatic rings. The van der Waals surface area contributed by atoms with E-state index in [4.69, 9.17) is 5.73 Å². The van der Waals surface area contributed by atoms with Gasteiger partial charge in [0, 0.05) is 31.9 Å². The molecule has 0 spiro atoms. The average Bonchev–Trinajstić information content (AvgIpc) is 2.34. The molecule has 0 aliphatic heterocycles. The molecule has 1 aromatic heterocycles. The van der Waals surface area contributed by atoms with Crippen molar-refractivity contribution in [2.75, 3.05) is 25.9 Å². The summed E-state index contributed by atoms with van der Waals surface area (Å²) in [5, 5.41) is 0. The van der Waals surface area contributed by atoms with Gasteiger partial charge in [0.05, 0.1) is 5.75 Å². The van der Waals surface area contributed by atoms with Gasteiger partial charge >= 0.3 is 0 Å². The Labute approximate surface area is 103 Å². The third-order valence-corrected chi connectivity index (χ3v) is 4.43. The highest BCUT2D eigenvalue weighted by atomic mass is 32.2. The van der Waals surface area contributed by atoms with E-state index in [-0.39, 0.29) is 5.75 Å². The molecule has 5 nitrogen and oxygen atoms in total. The summed E-state index contributed by atoms with van der Waals surface area (Å²) in [4.78, 5) is 4.15. The van der Waals surface area contributed by atoms with Gasteiger partial charge in [-0.25, -0.2) is 12.7 Å². The smallest absolute Gasteiger partial charge is 0.213 e. The number of pyridine rings is 1. The molecule has 96 valence electrons. The Morgan fingerprint density at radius 2 is 2.18 bits per heavy atom. The van der Waals surface area contributed by atoms with Crippen molar-refractivity contribution in [3.63, 3.8) is 0 Å². The Morgan fingerprint density at radius 3 is 2.76 bits per heavy atom. The number of sulfonamides is 1. The van der Waals surface area contributed by atoms with Gasteiger partial charge in [-0.15, -0.1) is 0 Å². The van der Waals surface area contributed by atoms with Crippen molar-refractivity contribution >= 4 is 10.0 Å². The molecule has 2 N–H and O–H groups in total.